The van der Waals surface area contributed by atoms with Gasteiger partial charge in [0.25, 0.3) is 0 Å². The van der Waals surface area contributed by atoms with Gasteiger partial charge in [0.1, 0.15) is 51.2 Å². The van der Waals surface area contributed by atoms with Crippen LogP contribution in [0.4, 0.5) is 30.7 Å². The van der Waals surface area contributed by atoms with Crippen LogP contribution in [-0.2, 0) is 12.5 Å². The largest absolute Gasteiger partial charge is 0.493 e. The second-order valence-corrected chi connectivity index (χ2v) is 10.9. The van der Waals surface area contributed by atoms with E-state index in [1.54, 1.807) is 0 Å². The second kappa shape index (κ2) is 11.1. The maximum Gasteiger partial charge on any atom is 0.432 e. The minimum absolute atomic E-state index is 0.226. The Labute approximate surface area is 232 Å². The van der Waals surface area contributed by atoms with Gasteiger partial charge in [-0.05, 0) is 72.4 Å². The van der Waals surface area contributed by atoms with E-state index < -0.39 is 51.5 Å². The van der Waals surface area contributed by atoms with Crippen LogP contribution in [0.3, 0.4) is 0 Å². The first-order valence-corrected chi connectivity index (χ1v) is 13.5. The van der Waals surface area contributed by atoms with Crippen molar-refractivity contribution >= 4 is 11.6 Å². The van der Waals surface area contributed by atoms with Gasteiger partial charge in [-0.3, -0.25) is 0 Å². The molecule has 1 aliphatic heterocycles. The summed E-state index contributed by atoms with van der Waals surface area (Å²) in [7, 11) is 0. The number of rotatable bonds is 6. The molecule has 40 heavy (non-hydrogen) atoms. The van der Waals surface area contributed by atoms with Crippen LogP contribution in [-0.4, -0.2) is 6.61 Å². The lowest BCUT2D eigenvalue weighted by Gasteiger charge is -2.36. The van der Waals surface area contributed by atoms with Gasteiger partial charge in [-0.25, -0.2) is 22.0 Å². The molecule has 0 saturated heterocycles. The molecule has 1 fully saturated rings. The predicted molar refractivity (Wildman–Crippen MR) is 136 cm³/mol. The Kier molecular flexibility index (Phi) is 7.97. The van der Waals surface area contributed by atoms with E-state index in [1.165, 1.54) is 31.4 Å². The normalized spacial score (nSPS) is 21.1. The summed E-state index contributed by atoms with van der Waals surface area (Å²) >= 11 is 5.32. The highest BCUT2D eigenvalue weighted by Crippen LogP contribution is 2.43. The highest BCUT2D eigenvalue weighted by Gasteiger charge is 2.42. The van der Waals surface area contributed by atoms with E-state index in [1.807, 2.05) is 0 Å². The molecule has 0 amide bonds. The monoisotopic (exact) mass is 586 g/mol. The Morgan fingerprint density at radius 2 is 1.45 bits per heavy atom. The average Bonchev–Trinajstić information content (AvgIpc) is 2.90. The number of hydrogen-bond acceptors (Lipinski definition) is 2. The Balaban J connectivity index is 1.38. The lowest BCUT2D eigenvalue weighted by Crippen LogP contribution is -2.30. The third-order valence-corrected chi connectivity index (χ3v) is 8.43. The molecule has 1 heterocycles. The molecule has 0 aromatic heterocycles. The molecule has 10 heteroatoms. The Bertz CT molecular complexity index is 1370. The number of fused-ring (bicyclic) bond motifs is 1. The summed E-state index contributed by atoms with van der Waals surface area (Å²) in [6.45, 7) is 2.64. The lowest BCUT2D eigenvalue weighted by atomic mass is 9.73. The topological polar surface area (TPSA) is 18.5 Å². The molecule has 3 aromatic carbocycles. The van der Waals surface area contributed by atoms with Gasteiger partial charge in [0.05, 0.1) is 6.61 Å². The third-order valence-electron chi connectivity index (χ3n) is 8.07. The van der Waals surface area contributed by atoms with E-state index >= 15 is 4.39 Å². The third kappa shape index (κ3) is 5.62. The molecule has 0 radical (unpaired) electrons. The molecule has 1 atom stereocenters. The SMILES string of the molecule is CCC1CCC([C@@H]2COc3cc(-c4cc(F)c(C(F)(F)Oc5cc(F)c(Cl)c(F)c5)c(F)c4)c(F)cc3C2)CC1. The molecular formula is C30H26ClF7O2. The van der Waals surface area contributed by atoms with E-state index in [0.29, 0.717) is 54.5 Å². The number of hydrogen-bond donors (Lipinski definition) is 0. The van der Waals surface area contributed by atoms with Crippen molar-refractivity contribution < 1.29 is 40.2 Å². The molecule has 0 spiro atoms. The quantitative estimate of drug-likeness (QED) is 0.211. The van der Waals surface area contributed by atoms with Gasteiger partial charge in [-0.15, -0.1) is 0 Å². The van der Waals surface area contributed by atoms with Crippen LogP contribution in [0.5, 0.6) is 11.5 Å². The first-order chi connectivity index (χ1) is 19.0. The molecule has 2 aliphatic rings. The van der Waals surface area contributed by atoms with Gasteiger partial charge in [-0.1, -0.05) is 37.8 Å². The number of benzene rings is 3. The first kappa shape index (κ1) is 28.6. The van der Waals surface area contributed by atoms with Crippen LogP contribution >= 0.6 is 11.6 Å². The minimum atomic E-state index is -4.66. The number of halogens is 8. The van der Waals surface area contributed by atoms with Crippen molar-refractivity contribution in [3.05, 3.63) is 81.6 Å². The minimum Gasteiger partial charge on any atom is -0.493 e. The molecule has 0 N–H and O–H groups in total. The number of alkyl halides is 2. The maximum atomic E-state index is 15.2. The van der Waals surface area contributed by atoms with E-state index in [4.69, 9.17) is 16.3 Å². The summed E-state index contributed by atoms with van der Waals surface area (Å²) in [6, 6.07) is 4.37. The first-order valence-electron chi connectivity index (χ1n) is 13.1. The van der Waals surface area contributed by atoms with Crippen LogP contribution in [0.25, 0.3) is 11.1 Å². The summed E-state index contributed by atoms with van der Waals surface area (Å²) in [5, 5.41) is -0.956. The van der Waals surface area contributed by atoms with Crippen molar-refractivity contribution in [2.75, 3.05) is 6.61 Å². The van der Waals surface area contributed by atoms with Crippen LogP contribution in [0.1, 0.15) is 50.2 Å². The summed E-state index contributed by atoms with van der Waals surface area (Å²) in [5.41, 5.74) is -1.71. The standard InChI is InChI=1S/C30H26ClF7O2/c1-2-15-3-5-16(6-4-15)19-7-18-10-22(32)21(13-27(18)39-14-19)17-8-23(33)28(24(34)9-17)30(37,38)40-20-11-25(35)29(31)26(36)12-20/h8-13,15-16,19H,2-7,14H2,1H3/t15?,16?,19-/m0/s1. The number of ether oxygens (including phenoxy) is 2. The van der Waals surface area contributed by atoms with Gasteiger partial charge in [0, 0.05) is 17.7 Å². The maximum absolute atomic E-state index is 15.2. The van der Waals surface area contributed by atoms with E-state index in [9.17, 15) is 26.3 Å². The molecule has 0 unspecified atom stereocenters. The van der Waals surface area contributed by atoms with Crippen LogP contribution < -0.4 is 9.47 Å². The molecule has 3 aromatic rings. The summed E-state index contributed by atoms with van der Waals surface area (Å²) < 4.78 is 112. The summed E-state index contributed by atoms with van der Waals surface area (Å²) in [6.07, 6.45) is 1.66. The zero-order valence-electron chi connectivity index (χ0n) is 21.5. The fourth-order valence-corrected chi connectivity index (χ4v) is 5.92. The van der Waals surface area contributed by atoms with Gasteiger partial charge in [0.15, 0.2) is 0 Å². The predicted octanol–water partition coefficient (Wildman–Crippen LogP) is 9.60. The lowest BCUT2D eigenvalue weighted by molar-refractivity contribution is -0.189. The average molecular weight is 587 g/mol. The van der Waals surface area contributed by atoms with Crippen molar-refractivity contribution in [1.29, 1.82) is 0 Å². The second-order valence-electron chi connectivity index (χ2n) is 10.5. The summed E-state index contributed by atoms with van der Waals surface area (Å²) in [4.78, 5) is 0. The van der Waals surface area contributed by atoms with Crippen LogP contribution in [0, 0.1) is 46.8 Å². The highest BCUT2D eigenvalue weighted by atomic mass is 35.5. The fraction of sp³-hybridized carbons (Fsp3) is 0.400. The fourth-order valence-electron chi connectivity index (χ4n) is 5.82. The van der Waals surface area contributed by atoms with Crippen molar-refractivity contribution in [3.8, 4) is 22.6 Å². The highest BCUT2D eigenvalue weighted by molar-refractivity contribution is 6.30. The molecule has 214 valence electrons. The van der Waals surface area contributed by atoms with Crippen molar-refractivity contribution in [3.63, 3.8) is 0 Å². The van der Waals surface area contributed by atoms with E-state index in [0.717, 1.165) is 18.8 Å². The summed E-state index contributed by atoms with van der Waals surface area (Å²) in [5.74, 6) is -6.25. The van der Waals surface area contributed by atoms with Crippen LogP contribution in [0.2, 0.25) is 5.02 Å². The molecule has 1 saturated carbocycles. The molecule has 0 bridgehead atoms. The smallest absolute Gasteiger partial charge is 0.432 e. The van der Waals surface area contributed by atoms with Crippen molar-refractivity contribution in [1.82, 2.24) is 0 Å². The zero-order valence-corrected chi connectivity index (χ0v) is 22.2. The van der Waals surface area contributed by atoms with E-state index in [2.05, 4.69) is 11.7 Å². The van der Waals surface area contributed by atoms with E-state index in [-0.39, 0.29) is 17.0 Å². The van der Waals surface area contributed by atoms with Crippen LogP contribution in [0.15, 0.2) is 36.4 Å². The zero-order chi connectivity index (χ0) is 28.8. The molecular weight excluding hydrogens is 561 g/mol. The molecule has 1 aliphatic carbocycles. The molecule has 2 nitrogen and oxygen atoms in total. The Hall–Kier alpha value is -2.94. The van der Waals surface area contributed by atoms with Crippen molar-refractivity contribution in [2.24, 2.45) is 17.8 Å². The van der Waals surface area contributed by atoms with Crippen molar-refractivity contribution in [2.45, 2.75) is 51.6 Å². The van der Waals surface area contributed by atoms with Gasteiger partial charge >= 0.3 is 6.11 Å². The van der Waals surface area contributed by atoms with Gasteiger partial charge < -0.3 is 9.47 Å². The Morgan fingerprint density at radius 3 is 2.05 bits per heavy atom. The van der Waals surface area contributed by atoms with Gasteiger partial charge in [-0.2, -0.15) is 8.78 Å². The Morgan fingerprint density at radius 1 is 0.825 bits per heavy atom. The molecule has 5 rings (SSSR count). The van der Waals surface area contributed by atoms with Gasteiger partial charge in [0.2, 0.25) is 0 Å².